The predicted octanol–water partition coefficient (Wildman–Crippen LogP) is 1.22. The Balaban J connectivity index is 0.00000280. The van der Waals surface area contributed by atoms with E-state index in [-0.39, 0.29) is 42.2 Å². The number of carbonyl (C=O) groups excluding carboxylic acids is 3. The van der Waals surface area contributed by atoms with E-state index < -0.39 is 0 Å². The molecule has 3 unspecified atom stereocenters. The van der Waals surface area contributed by atoms with Crippen molar-refractivity contribution in [1.29, 1.82) is 0 Å². The number of likely N-dealkylation sites (tertiary alicyclic amines) is 1. The van der Waals surface area contributed by atoms with Crippen LogP contribution in [0, 0.1) is 5.92 Å². The molecule has 3 amide bonds. The zero-order chi connectivity index (χ0) is 19.2. The fourth-order valence-corrected chi connectivity index (χ4v) is 5.34. The number of rotatable bonds is 6. The molecule has 0 aromatic carbocycles. The highest BCUT2D eigenvalue weighted by molar-refractivity contribution is 7.99. The van der Waals surface area contributed by atoms with E-state index in [2.05, 4.69) is 10.6 Å². The highest BCUT2D eigenvalue weighted by Crippen LogP contribution is 2.26. The Morgan fingerprint density at radius 3 is 2.75 bits per heavy atom. The van der Waals surface area contributed by atoms with Crippen LogP contribution in [-0.4, -0.2) is 77.4 Å². The molecule has 0 aliphatic carbocycles. The van der Waals surface area contributed by atoms with E-state index in [1.165, 1.54) is 0 Å². The van der Waals surface area contributed by atoms with Crippen LogP contribution in [0.3, 0.4) is 0 Å². The highest BCUT2D eigenvalue weighted by atomic mass is 35.5. The molecule has 3 atom stereocenters. The van der Waals surface area contributed by atoms with E-state index in [9.17, 15) is 14.4 Å². The van der Waals surface area contributed by atoms with Crippen molar-refractivity contribution in [2.45, 2.75) is 57.5 Å². The fraction of sp³-hybridized carbons (Fsp3) is 0.842. The van der Waals surface area contributed by atoms with Crippen molar-refractivity contribution in [2.24, 2.45) is 5.92 Å². The van der Waals surface area contributed by atoms with Crippen molar-refractivity contribution in [3.05, 3.63) is 0 Å². The standard InChI is InChI=1S/C19H32N4O3S.ClH/c1-2-5-17(24)23-13-27-12-16(23)19(26)22-9-4-6-14(11-22)10-21-18(25)15-7-3-8-20-15;/h14-16,20H,2-13H2,1H3,(H,21,25);1H. The molecule has 0 spiro atoms. The minimum absolute atomic E-state index is 0. The Morgan fingerprint density at radius 2 is 2.04 bits per heavy atom. The Morgan fingerprint density at radius 1 is 1.21 bits per heavy atom. The molecule has 3 saturated heterocycles. The first-order valence-electron chi connectivity index (χ1n) is 10.3. The third kappa shape index (κ3) is 5.76. The number of piperidine rings is 1. The molecule has 3 rings (SSSR count). The number of nitrogens with zero attached hydrogens (tertiary/aromatic N) is 2. The molecule has 7 nitrogen and oxygen atoms in total. The van der Waals surface area contributed by atoms with Crippen molar-refractivity contribution in [1.82, 2.24) is 20.4 Å². The second kappa shape index (κ2) is 11.3. The molecular weight excluding hydrogens is 400 g/mol. The largest absolute Gasteiger partial charge is 0.354 e. The predicted molar refractivity (Wildman–Crippen MR) is 113 cm³/mol. The van der Waals surface area contributed by atoms with Crippen LogP contribution < -0.4 is 10.6 Å². The first-order chi connectivity index (χ1) is 13.1. The summed E-state index contributed by atoms with van der Waals surface area (Å²) >= 11 is 1.66. The van der Waals surface area contributed by atoms with Gasteiger partial charge in [-0.15, -0.1) is 24.2 Å². The monoisotopic (exact) mass is 432 g/mol. The summed E-state index contributed by atoms with van der Waals surface area (Å²) < 4.78 is 0. The van der Waals surface area contributed by atoms with Gasteiger partial charge in [0.2, 0.25) is 17.7 Å². The van der Waals surface area contributed by atoms with Gasteiger partial charge in [-0.1, -0.05) is 6.92 Å². The SMILES string of the molecule is CCCC(=O)N1CSCC1C(=O)N1CCCC(CNC(=O)C2CCCN2)C1.Cl. The van der Waals surface area contributed by atoms with Crippen LogP contribution >= 0.6 is 24.2 Å². The van der Waals surface area contributed by atoms with E-state index in [0.717, 1.165) is 45.2 Å². The molecule has 0 aromatic heterocycles. The molecule has 3 fully saturated rings. The van der Waals surface area contributed by atoms with Gasteiger partial charge < -0.3 is 20.4 Å². The molecule has 3 aliphatic heterocycles. The summed E-state index contributed by atoms with van der Waals surface area (Å²) in [6.45, 7) is 4.95. The van der Waals surface area contributed by atoms with Gasteiger partial charge in [-0.2, -0.15) is 0 Å². The van der Waals surface area contributed by atoms with E-state index in [0.29, 0.717) is 37.1 Å². The zero-order valence-corrected chi connectivity index (χ0v) is 18.3. The van der Waals surface area contributed by atoms with E-state index in [1.54, 1.807) is 16.7 Å². The van der Waals surface area contributed by atoms with Gasteiger partial charge in [-0.3, -0.25) is 14.4 Å². The van der Waals surface area contributed by atoms with Gasteiger partial charge in [-0.25, -0.2) is 0 Å². The number of thioether (sulfide) groups is 1. The number of nitrogens with one attached hydrogen (secondary N) is 2. The van der Waals surface area contributed by atoms with Crippen molar-refractivity contribution in [2.75, 3.05) is 37.8 Å². The maximum Gasteiger partial charge on any atom is 0.246 e. The lowest BCUT2D eigenvalue weighted by atomic mass is 9.97. The maximum absolute atomic E-state index is 13.0. The maximum atomic E-state index is 13.0. The van der Waals surface area contributed by atoms with Crippen LogP contribution in [0.5, 0.6) is 0 Å². The number of carbonyl (C=O) groups is 3. The quantitative estimate of drug-likeness (QED) is 0.659. The van der Waals surface area contributed by atoms with Crippen molar-refractivity contribution >= 4 is 41.9 Å². The van der Waals surface area contributed by atoms with Gasteiger partial charge >= 0.3 is 0 Å². The summed E-state index contributed by atoms with van der Waals surface area (Å²) in [6, 6.07) is -0.370. The molecule has 0 radical (unpaired) electrons. The highest BCUT2D eigenvalue weighted by Gasteiger charge is 2.38. The third-order valence-electron chi connectivity index (χ3n) is 5.72. The Hall–Kier alpha value is -0.990. The number of hydrogen-bond acceptors (Lipinski definition) is 5. The van der Waals surface area contributed by atoms with E-state index >= 15 is 0 Å². The first-order valence-corrected chi connectivity index (χ1v) is 11.4. The molecule has 160 valence electrons. The molecule has 3 aliphatic rings. The van der Waals surface area contributed by atoms with Crippen LogP contribution in [0.25, 0.3) is 0 Å². The summed E-state index contributed by atoms with van der Waals surface area (Å²) in [5.41, 5.74) is 0. The summed E-state index contributed by atoms with van der Waals surface area (Å²) in [7, 11) is 0. The van der Waals surface area contributed by atoms with Crippen molar-refractivity contribution in [3.8, 4) is 0 Å². The lowest BCUT2D eigenvalue weighted by molar-refractivity contribution is -0.144. The summed E-state index contributed by atoms with van der Waals surface area (Å²) in [6.07, 6.45) is 5.26. The summed E-state index contributed by atoms with van der Waals surface area (Å²) in [5, 5.41) is 6.28. The Bertz CT molecular complexity index is 559. The second-order valence-corrected chi connectivity index (χ2v) is 8.82. The minimum atomic E-state index is -0.315. The molecule has 2 N–H and O–H groups in total. The van der Waals surface area contributed by atoms with Crippen LogP contribution in [0.1, 0.15) is 45.4 Å². The van der Waals surface area contributed by atoms with Gasteiger partial charge in [0.25, 0.3) is 0 Å². The molecule has 3 heterocycles. The lowest BCUT2D eigenvalue weighted by Gasteiger charge is -2.36. The Kier molecular flexibility index (Phi) is 9.37. The smallest absolute Gasteiger partial charge is 0.246 e. The van der Waals surface area contributed by atoms with Crippen LogP contribution in [0.4, 0.5) is 0 Å². The molecule has 28 heavy (non-hydrogen) atoms. The number of hydrogen-bond donors (Lipinski definition) is 2. The van der Waals surface area contributed by atoms with Gasteiger partial charge in [0.1, 0.15) is 6.04 Å². The lowest BCUT2D eigenvalue weighted by Crippen LogP contribution is -2.53. The average Bonchev–Trinajstić information content (AvgIpc) is 3.37. The fourth-order valence-electron chi connectivity index (χ4n) is 4.17. The van der Waals surface area contributed by atoms with Crippen LogP contribution in [0.2, 0.25) is 0 Å². The summed E-state index contributed by atoms with van der Waals surface area (Å²) in [4.78, 5) is 41.2. The molecule has 0 aromatic rings. The zero-order valence-electron chi connectivity index (χ0n) is 16.7. The number of halogens is 1. The molecule has 0 saturated carbocycles. The molecule has 9 heteroatoms. The second-order valence-electron chi connectivity index (χ2n) is 7.82. The Labute approximate surface area is 178 Å². The average molecular weight is 433 g/mol. The summed E-state index contributed by atoms with van der Waals surface area (Å²) in [5.74, 6) is 1.86. The van der Waals surface area contributed by atoms with Crippen molar-refractivity contribution in [3.63, 3.8) is 0 Å². The van der Waals surface area contributed by atoms with E-state index in [4.69, 9.17) is 0 Å². The van der Waals surface area contributed by atoms with Gasteiger partial charge in [0, 0.05) is 31.8 Å². The topological polar surface area (TPSA) is 81.8 Å². The molecular formula is C19H33ClN4O3S. The normalized spacial score (nSPS) is 27.4. The minimum Gasteiger partial charge on any atom is -0.354 e. The van der Waals surface area contributed by atoms with Gasteiger partial charge in [-0.05, 0) is 44.6 Å². The van der Waals surface area contributed by atoms with Gasteiger partial charge in [0.15, 0.2) is 0 Å². The van der Waals surface area contributed by atoms with Crippen molar-refractivity contribution < 1.29 is 14.4 Å². The first kappa shape index (κ1) is 23.3. The van der Waals surface area contributed by atoms with Crippen LogP contribution in [0.15, 0.2) is 0 Å². The number of amides is 3. The van der Waals surface area contributed by atoms with Gasteiger partial charge in [0.05, 0.1) is 11.9 Å². The molecule has 0 bridgehead atoms. The van der Waals surface area contributed by atoms with Crippen LogP contribution in [-0.2, 0) is 14.4 Å². The third-order valence-corrected chi connectivity index (χ3v) is 6.74. The van der Waals surface area contributed by atoms with E-state index in [1.807, 2.05) is 11.8 Å².